The average molecular weight is 338 g/mol. The molecule has 2 fully saturated rings. The third-order valence-corrected chi connectivity index (χ3v) is 5.75. The molecule has 4 heteroatoms. The number of morpholine rings is 1. The fourth-order valence-electron chi connectivity index (χ4n) is 4.08. The third kappa shape index (κ3) is 4.27. The molecule has 1 atom stereocenters. The molecule has 2 aliphatic rings. The van der Waals surface area contributed by atoms with Crippen LogP contribution < -0.4 is 0 Å². The van der Waals surface area contributed by atoms with Crippen LogP contribution >= 0.6 is 11.6 Å². The minimum absolute atomic E-state index is 0.343. The second-order valence-electron chi connectivity index (χ2n) is 6.97. The van der Waals surface area contributed by atoms with Crippen molar-refractivity contribution >= 4 is 11.6 Å². The van der Waals surface area contributed by atoms with E-state index in [1.165, 1.54) is 19.3 Å². The van der Waals surface area contributed by atoms with Gasteiger partial charge in [0.05, 0.1) is 18.8 Å². The van der Waals surface area contributed by atoms with Crippen molar-refractivity contribution in [3.63, 3.8) is 0 Å². The molecule has 3 rings (SSSR count). The molecule has 1 saturated carbocycles. The van der Waals surface area contributed by atoms with Crippen molar-refractivity contribution in [2.24, 2.45) is 5.92 Å². The Kier molecular flexibility index (Phi) is 5.97. The summed E-state index contributed by atoms with van der Waals surface area (Å²) in [5.74, 6) is 0.343. The van der Waals surface area contributed by atoms with Crippen LogP contribution in [0.15, 0.2) is 24.3 Å². The van der Waals surface area contributed by atoms with Gasteiger partial charge in [0.1, 0.15) is 0 Å². The normalized spacial score (nSPS) is 23.6. The van der Waals surface area contributed by atoms with Gasteiger partial charge in [-0.05, 0) is 42.9 Å². The van der Waals surface area contributed by atoms with Crippen molar-refractivity contribution < 1.29 is 9.84 Å². The molecule has 0 radical (unpaired) electrons. The van der Waals surface area contributed by atoms with Gasteiger partial charge in [-0.25, -0.2) is 0 Å². The number of halogens is 1. The topological polar surface area (TPSA) is 32.7 Å². The van der Waals surface area contributed by atoms with E-state index in [-0.39, 0.29) is 0 Å². The zero-order valence-electron chi connectivity index (χ0n) is 13.8. The number of benzene rings is 1. The van der Waals surface area contributed by atoms with Crippen LogP contribution in [0.3, 0.4) is 0 Å². The van der Waals surface area contributed by atoms with Gasteiger partial charge in [0, 0.05) is 24.7 Å². The van der Waals surface area contributed by atoms with Crippen LogP contribution in [0.2, 0.25) is 5.02 Å². The summed E-state index contributed by atoms with van der Waals surface area (Å²) in [6, 6.07) is 7.84. The molecular formula is C19H28ClNO2. The highest BCUT2D eigenvalue weighted by atomic mass is 35.5. The maximum Gasteiger partial charge on any atom is 0.0937 e. The molecule has 0 unspecified atom stereocenters. The van der Waals surface area contributed by atoms with E-state index >= 15 is 0 Å². The lowest BCUT2D eigenvalue weighted by Crippen LogP contribution is -2.43. The molecule has 1 N–H and O–H groups in total. The summed E-state index contributed by atoms with van der Waals surface area (Å²) in [5.41, 5.74) is 0.231. The molecule has 128 valence electrons. The van der Waals surface area contributed by atoms with Crippen LogP contribution in [-0.4, -0.2) is 42.9 Å². The van der Waals surface area contributed by atoms with Crippen LogP contribution in [-0.2, 0) is 10.3 Å². The van der Waals surface area contributed by atoms with Gasteiger partial charge in [0.25, 0.3) is 0 Å². The van der Waals surface area contributed by atoms with Crippen molar-refractivity contribution in [3.8, 4) is 0 Å². The highest BCUT2D eigenvalue weighted by Gasteiger charge is 2.39. The van der Waals surface area contributed by atoms with Gasteiger partial charge in [-0.3, -0.25) is 4.90 Å². The summed E-state index contributed by atoms with van der Waals surface area (Å²) in [5, 5.41) is 12.4. The van der Waals surface area contributed by atoms with Gasteiger partial charge in [-0.1, -0.05) is 43.0 Å². The second kappa shape index (κ2) is 7.98. The van der Waals surface area contributed by atoms with Gasteiger partial charge in [0.2, 0.25) is 0 Å². The van der Waals surface area contributed by atoms with Gasteiger partial charge < -0.3 is 9.84 Å². The molecule has 1 aromatic rings. The zero-order valence-corrected chi connectivity index (χ0v) is 14.6. The Balaban J connectivity index is 1.77. The zero-order chi connectivity index (χ0) is 16.1. The lowest BCUT2D eigenvalue weighted by atomic mass is 9.71. The van der Waals surface area contributed by atoms with Crippen LogP contribution in [0.1, 0.15) is 44.1 Å². The van der Waals surface area contributed by atoms with Crippen LogP contribution in [0.5, 0.6) is 0 Å². The van der Waals surface area contributed by atoms with E-state index in [9.17, 15) is 5.11 Å². The minimum atomic E-state index is -0.760. The van der Waals surface area contributed by atoms with Gasteiger partial charge in [0.15, 0.2) is 0 Å². The summed E-state index contributed by atoms with van der Waals surface area (Å²) < 4.78 is 5.43. The largest absolute Gasteiger partial charge is 0.385 e. The predicted octanol–water partition coefficient (Wildman–Crippen LogP) is 3.83. The standard InChI is InChI=1S/C19H28ClNO2/c20-18-8-4-7-17(15-18)19(22,16-5-2-1-3-6-16)9-10-21-11-13-23-14-12-21/h4,7-8,15-16,22H,1-3,5-6,9-14H2/t19-/m1/s1. The van der Waals surface area contributed by atoms with Crippen molar-refractivity contribution in [3.05, 3.63) is 34.9 Å². The molecule has 1 heterocycles. The minimum Gasteiger partial charge on any atom is -0.385 e. The molecule has 3 nitrogen and oxygen atoms in total. The first kappa shape index (κ1) is 17.2. The number of rotatable bonds is 5. The maximum absolute atomic E-state index is 11.6. The van der Waals surface area contributed by atoms with E-state index in [1.54, 1.807) is 0 Å². The fourth-order valence-corrected chi connectivity index (χ4v) is 4.27. The van der Waals surface area contributed by atoms with Gasteiger partial charge in [-0.2, -0.15) is 0 Å². The lowest BCUT2D eigenvalue weighted by molar-refractivity contribution is -0.0581. The first-order valence-electron chi connectivity index (χ1n) is 8.97. The van der Waals surface area contributed by atoms with Crippen molar-refractivity contribution in [1.82, 2.24) is 4.90 Å². The Hall–Kier alpha value is -0.610. The molecule has 23 heavy (non-hydrogen) atoms. The number of ether oxygens (including phenoxy) is 1. The van der Waals surface area contributed by atoms with Crippen LogP contribution in [0.25, 0.3) is 0 Å². The molecule has 1 aliphatic heterocycles. The van der Waals surface area contributed by atoms with E-state index in [1.807, 2.05) is 24.3 Å². The Labute approximate surface area is 144 Å². The van der Waals surface area contributed by atoms with E-state index < -0.39 is 5.60 Å². The fraction of sp³-hybridized carbons (Fsp3) is 0.684. The average Bonchev–Trinajstić information content (AvgIpc) is 2.61. The third-order valence-electron chi connectivity index (χ3n) is 5.52. The molecule has 1 saturated heterocycles. The van der Waals surface area contributed by atoms with E-state index in [0.29, 0.717) is 10.9 Å². The molecule has 1 aliphatic carbocycles. The smallest absolute Gasteiger partial charge is 0.0937 e. The first-order valence-corrected chi connectivity index (χ1v) is 9.35. The van der Waals surface area contributed by atoms with Gasteiger partial charge >= 0.3 is 0 Å². The molecule has 0 amide bonds. The van der Waals surface area contributed by atoms with E-state index in [2.05, 4.69) is 4.90 Å². The van der Waals surface area contributed by atoms with Crippen LogP contribution in [0.4, 0.5) is 0 Å². The van der Waals surface area contributed by atoms with Gasteiger partial charge in [-0.15, -0.1) is 0 Å². The highest BCUT2D eigenvalue weighted by Crippen LogP contribution is 2.42. The maximum atomic E-state index is 11.6. The molecule has 0 bridgehead atoms. The number of hydrogen-bond acceptors (Lipinski definition) is 3. The van der Waals surface area contributed by atoms with Crippen molar-refractivity contribution in [2.75, 3.05) is 32.8 Å². The second-order valence-corrected chi connectivity index (χ2v) is 7.41. The molecular weight excluding hydrogens is 310 g/mol. The lowest BCUT2D eigenvalue weighted by Gasteiger charge is -2.41. The summed E-state index contributed by atoms with van der Waals surface area (Å²) in [6.07, 6.45) is 6.76. The Bertz CT molecular complexity index is 498. The summed E-state index contributed by atoms with van der Waals surface area (Å²) in [4.78, 5) is 2.40. The quantitative estimate of drug-likeness (QED) is 0.886. The highest BCUT2D eigenvalue weighted by molar-refractivity contribution is 6.30. The first-order chi connectivity index (χ1) is 11.2. The SMILES string of the molecule is O[C@@](CCN1CCOCC1)(c1cccc(Cl)c1)C1CCCCC1. The van der Waals surface area contributed by atoms with Crippen LogP contribution in [0, 0.1) is 5.92 Å². The molecule has 0 aromatic heterocycles. The number of aliphatic hydroxyl groups is 1. The number of hydrogen-bond donors (Lipinski definition) is 1. The van der Waals surface area contributed by atoms with Crippen molar-refractivity contribution in [2.45, 2.75) is 44.1 Å². The summed E-state index contributed by atoms with van der Waals surface area (Å²) in [6.45, 7) is 4.47. The van der Waals surface area contributed by atoms with E-state index in [0.717, 1.165) is 57.7 Å². The molecule has 0 spiro atoms. The Morgan fingerprint density at radius 3 is 2.61 bits per heavy atom. The van der Waals surface area contributed by atoms with E-state index in [4.69, 9.17) is 16.3 Å². The monoisotopic (exact) mass is 337 g/mol. The Morgan fingerprint density at radius 1 is 1.17 bits per heavy atom. The summed E-state index contributed by atoms with van der Waals surface area (Å²) >= 11 is 6.20. The predicted molar refractivity (Wildman–Crippen MR) is 93.8 cm³/mol. The van der Waals surface area contributed by atoms with Crippen molar-refractivity contribution in [1.29, 1.82) is 0 Å². The summed E-state index contributed by atoms with van der Waals surface area (Å²) in [7, 11) is 0. The molecule has 1 aromatic carbocycles. The Morgan fingerprint density at radius 2 is 1.91 bits per heavy atom. The number of nitrogens with zero attached hydrogens (tertiary/aromatic N) is 1.